The standard InChI is InChI=1S/C21H24O2/c1-3-15-12-19(23)9-10-20(15)21(4-2)11-5-6-16-13-18(22)8-7-17(16)14-21/h3,7-10,12-13,22-23H,1,4-6,11,14H2,2H3. The number of fused-ring (bicyclic) bond motifs is 1. The maximum Gasteiger partial charge on any atom is 0.116 e. The van der Waals surface area contributed by atoms with Crippen LogP contribution >= 0.6 is 0 Å². The Morgan fingerprint density at radius 3 is 2.57 bits per heavy atom. The number of phenolic OH excluding ortho intramolecular Hbond substituents is 2. The first kappa shape index (κ1) is 15.7. The van der Waals surface area contributed by atoms with Crippen LogP contribution in [0.5, 0.6) is 11.5 Å². The van der Waals surface area contributed by atoms with Crippen molar-refractivity contribution in [3.63, 3.8) is 0 Å². The Hall–Kier alpha value is -2.22. The van der Waals surface area contributed by atoms with E-state index in [0.717, 1.165) is 37.7 Å². The Morgan fingerprint density at radius 1 is 1.09 bits per heavy atom. The van der Waals surface area contributed by atoms with Crippen LogP contribution in [0.15, 0.2) is 43.0 Å². The van der Waals surface area contributed by atoms with Gasteiger partial charge in [-0.05, 0) is 84.0 Å². The fourth-order valence-corrected chi connectivity index (χ4v) is 4.01. The molecule has 120 valence electrons. The molecule has 2 aromatic carbocycles. The minimum atomic E-state index is 0.0550. The second kappa shape index (κ2) is 6.11. The van der Waals surface area contributed by atoms with E-state index in [4.69, 9.17) is 0 Å². The molecule has 0 saturated heterocycles. The van der Waals surface area contributed by atoms with Gasteiger partial charge in [0.05, 0.1) is 0 Å². The van der Waals surface area contributed by atoms with Gasteiger partial charge in [-0.1, -0.05) is 31.7 Å². The molecule has 2 aromatic rings. The summed E-state index contributed by atoms with van der Waals surface area (Å²) in [6.45, 7) is 6.17. The molecule has 0 aromatic heterocycles. The molecule has 2 N–H and O–H groups in total. The molecule has 0 aliphatic heterocycles. The molecule has 0 saturated carbocycles. The van der Waals surface area contributed by atoms with E-state index < -0.39 is 0 Å². The third kappa shape index (κ3) is 2.86. The highest BCUT2D eigenvalue weighted by atomic mass is 16.3. The zero-order valence-electron chi connectivity index (χ0n) is 13.7. The number of hydrogen-bond donors (Lipinski definition) is 2. The van der Waals surface area contributed by atoms with E-state index >= 15 is 0 Å². The number of aryl methyl sites for hydroxylation is 1. The van der Waals surface area contributed by atoms with Gasteiger partial charge in [0.15, 0.2) is 0 Å². The molecular formula is C21H24O2. The predicted octanol–water partition coefficient (Wildman–Crippen LogP) is 4.97. The van der Waals surface area contributed by atoms with E-state index in [9.17, 15) is 10.2 Å². The SMILES string of the molecule is C=Cc1cc(O)ccc1C1(CC)CCCc2cc(O)ccc2C1. The highest BCUT2D eigenvalue weighted by Crippen LogP contribution is 2.43. The third-order valence-electron chi connectivity index (χ3n) is 5.32. The van der Waals surface area contributed by atoms with Crippen LogP contribution in [0.4, 0.5) is 0 Å². The van der Waals surface area contributed by atoms with Gasteiger partial charge >= 0.3 is 0 Å². The smallest absolute Gasteiger partial charge is 0.116 e. The average molecular weight is 308 g/mol. The Labute approximate surface area is 138 Å². The van der Waals surface area contributed by atoms with Gasteiger partial charge in [-0.3, -0.25) is 0 Å². The van der Waals surface area contributed by atoms with Crippen molar-refractivity contribution < 1.29 is 10.2 Å². The quantitative estimate of drug-likeness (QED) is 0.786. The van der Waals surface area contributed by atoms with Crippen molar-refractivity contribution in [3.05, 3.63) is 65.2 Å². The molecule has 0 radical (unpaired) electrons. The number of aromatic hydroxyl groups is 2. The summed E-state index contributed by atoms with van der Waals surface area (Å²) in [4.78, 5) is 0. The molecule has 23 heavy (non-hydrogen) atoms. The summed E-state index contributed by atoms with van der Waals surface area (Å²) in [5.41, 5.74) is 4.94. The molecule has 2 nitrogen and oxygen atoms in total. The summed E-state index contributed by atoms with van der Waals surface area (Å²) in [5.74, 6) is 0.637. The summed E-state index contributed by atoms with van der Waals surface area (Å²) in [6.07, 6.45) is 7.05. The van der Waals surface area contributed by atoms with Crippen molar-refractivity contribution >= 4 is 6.08 Å². The molecule has 1 atom stereocenters. The summed E-state index contributed by atoms with van der Waals surface area (Å²) in [5, 5.41) is 19.5. The number of hydrogen-bond acceptors (Lipinski definition) is 2. The molecule has 0 amide bonds. The van der Waals surface area contributed by atoms with Crippen LogP contribution in [-0.4, -0.2) is 10.2 Å². The first-order valence-electron chi connectivity index (χ1n) is 8.35. The zero-order valence-corrected chi connectivity index (χ0v) is 13.7. The predicted molar refractivity (Wildman–Crippen MR) is 94.9 cm³/mol. The minimum absolute atomic E-state index is 0.0550. The van der Waals surface area contributed by atoms with E-state index in [0.29, 0.717) is 5.75 Å². The van der Waals surface area contributed by atoms with Gasteiger partial charge in [0.2, 0.25) is 0 Å². The highest BCUT2D eigenvalue weighted by Gasteiger charge is 2.34. The lowest BCUT2D eigenvalue weighted by molar-refractivity contribution is 0.374. The molecule has 1 unspecified atom stereocenters. The lowest BCUT2D eigenvalue weighted by atomic mass is 9.70. The molecule has 1 aliphatic rings. The molecule has 0 spiro atoms. The Bertz CT molecular complexity index is 733. The van der Waals surface area contributed by atoms with E-state index in [2.05, 4.69) is 25.6 Å². The number of phenols is 2. The van der Waals surface area contributed by atoms with Gasteiger partial charge in [-0.25, -0.2) is 0 Å². The largest absolute Gasteiger partial charge is 0.508 e. The van der Waals surface area contributed by atoms with E-state index in [-0.39, 0.29) is 11.2 Å². The molecule has 2 heteroatoms. The number of benzene rings is 2. The van der Waals surface area contributed by atoms with Crippen molar-refractivity contribution in [2.45, 2.75) is 44.4 Å². The Morgan fingerprint density at radius 2 is 1.83 bits per heavy atom. The van der Waals surface area contributed by atoms with Crippen molar-refractivity contribution in [2.24, 2.45) is 0 Å². The average Bonchev–Trinajstić information content (AvgIpc) is 2.74. The zero-order chi connectivity index (χ0) is 16.4. The van der Waals surface area contributed by atoms with Crippen LogP contribution in [-0.2, 0) is 18.3 Å². The van der Waals surface area contributed by atoms with E-state index in [1.54, 1.807) is 12.1 Å². The lowest BCUT2D eigenvalue weighted by Crippen LogP contribution is -2.28. The second-order valence-electron chi connectivity index (χ2n) is 6.59. The van der Waals surface area contributed by atoms with E-state index in [1.165, 1.54) is 16.7 Å². The van der Waals surface area contributed by atoms with Gasteiger partial charge in [0.25, 0.3) is 0 Å². The van der Waals surface area contributed by atoms with Crippen molar-refractivity contribution in [2.75, 3.05) is 0 Å². The summed E-state index contributed by atoms with van der Waals surface area (Å²) in [7, 11) is 0. The molecule has 0 heterocycles. The summed E-state index contributed by atoms with van der Waals surface area (Å²) < 4.78 is 0. The van der Waals surface area contributed by atoms with Crippen LogP contribution < -0.4 is 0 Å². The topological polar surface area (TPSA) is 40.5 Å². The number of rotatable bonds is 3. The summed E-state index contributed by atoms with van der Waals surface area (Å²) in [6, 6.07) is 11.4. The molecular weight excluding hydrogens is 284 g/mol. The van der Waals surface area contributed by atoms with Crippen molar-refractivity contribution in [3.8, 4) is 11.5 Å². The van der Waals surface area contributed by atoms with Crippen molar-refractivity contribution in [1.29, 1.82) is 0 Å². The fourth-order valence-electron chi connectivity index (χ4n) is 4.01. The Kier molecular flexibility index (Phi) is 4.16. The summed E-state index contributed by atoms with van der Waals surface area (Å²) >= 11 is 0. The van der Waals surface area contributed by atoms with Crippen LogP contribution in [0, 0.1) is 0 Å². The maximum absolute atomic E-state index is 9.79. The van der Waals surface area contributed by atoms with Crippen LogP contribution in [0.1, 0.15) is 48.4 Å². The van der Waals surface area contributed by atoms with E-state index in [1.807, 2.05) is 18.2 Å². The van der Waals surface area contributed by atoms with Crippen LogP contribution in [0.3, 0.4) is 0 Å². The fraction of sp³-hybridized carbons (Fsp3) is 0.333. The molecule has 1 aliphatic carbocycles. The first-order valence-corrected chi connectivity index (χ1v) is 8.35. The molecule has 3 rings (SSSR count). The van der Waals surface area contributed by atoms with Gasteiger partial charge < -0.3 is 10.2 Å². The monoisotopic (exact) mass is 308 g/mol. The lowest BCUT2D eigenvalue weighted by Gasteiger charge is -2.34. The third-order valence-corrected chi connectivity index (χ3v) is 5.32. The first-order chi connectivity index (χ1) is 11.1. The second-order valence-corrected chi connectivity index (χ2v) is 6.59. The van der Waals surface area contributed by atoms with Gasteiger partial charge in [-0.2, -0.15) is 0 Å². The molecule has 0 fully saturated rings. The highest BCUT2D eigenvalue weighted by molar-refractivity contribution is 5.57. The van der Waals surface area contributed by atoms with Gasteiger partial charge in [0.1, 0.15) is 11.5 Å². The normalized spacial score (nSPS) is 20.6. The maximum atomic E-state index is 9.79. The van der Waals surface area contributed by atoms with Crippen LogP contribution in [0.25, 0.3) is 6.08 Å². The van der Waals surface area contributed by atoms with Gasteiger partial charge in [-0.15, -0.1) is 0 Å². The van der Waals surface area contributed by atoms with Crippen LogP contribution in [0.2, 0.25) is 0 Å². The van der Waals surface area contributed by atoms with Gasteiger partial charge in [0, 0.05) is 0 Å². The Balaban J connectivity index is 2.11. The molecule has 0 bridgehead atoms. The van der Waals surface area contributed by atoms with Crippen molar-refractivity contribution in [1.82, 2.24) is 0 Å². The minimum Gasteiger partial charge on any atom is -0.508 e.